The predicted molar refractivity (Wildman–Crippen MR) is 93.4 cm³/mol. The van der Waals surface area contributed by atoms with Crippen molar-refractivity contribution in [2.75, 3.05) is 13.1 Å². The van der Waals surface area contributed by atoms with E-state index in [4.69, 9.17) is 0 Å². The highest BCUT2D eigenvalue weighted by molar-refractivity contribution is 5.81. The van der Waals surface area contributed by atoms with Crippen molar-refractivity contribution in [3.05, 3.63) is 66.0 Å². The third-order valence-electron chi connectivity index (χ3n) is 5.55. The molecule has 1 aromatic carbocycles. The highest BCUT2D eigenvalue weighted by atomic mass is 16.2. The molecule has 1 atom stereocenters. The molecule has 0 radical (unpaired) electrons. The van der Waals surface area contributed by atoms with E-state index in [1.807, 2.05) is 18.5 Å². The van der Waals surface area contributed by atoms with Gasteiger partial charge in [-0.25, -0.2) is 0 Å². The Morgan fingerprint density at radius 2 is 1.79 bits per heavy atom. The van der Waals surface area contributed by atoms with Crippen LogP contribution in [0.3, 0.4) is 0 Å². The van der Waals surface area contributed by atoms with E-state index in [-0.39, 0.29) is 11.4 Å². The number of hydrogen-bond acceptors (Lipinski definition) is 3. The SMILES string of the molecule is O=C1C[C@@H](c2ccccc2)C2(CCN(Cc3ccncc3)CC2)N1. The minimum absolute atomic E-state index is 0.0623. The van der Waals surface area contributed by atoms with Crippen molar-refractivity contribution in [3.8, 4) is 0 Å². The highest BCUT2D eigenvalue weighted by Crippen LogP contribution is 2.43. The number of carbonyl (C=O) groups is 1. The van der Waals surface area contributed by atoms with E-state index in [0.717, 1.165) is 32.5 Å². The Balaban J connectivity index is 1.47. The van der Waals surface area contributed by atoms with Gasteiger partial charge < -0.3 is 5.32 Å². The van der Waals surface area contributed by atoms with E-state index in [1.165, 1.54) is 11.1 Å². The molecule has 0 unspecified atom stereocenters. The normalized spacial score (nSPS) is 23.3. The van der Waals surface area contributed by atoms with Crippen LogP contribution in [0.4, 0.5) is 0 Å². The quantitative estimate of drug-likeness (QED) is 0.945. The summed E-state index contributed by atoms with van der Waals surface area (Å²) in [7, 11) is 0. The summed E-state index contributed by atoms with van der Waals surface area (Å²) in [5.74, 6) is 0.501. The van der Waals surface area contributed by atoms with E-state index in [2.05, 4.69) is 51.6 Å². The van der Waals surface area contributed by atoms with Crippen molar-refractivity contribution in [1.29, 1.82) is 0 Å². The van der Waals surface area contributed by atoms with Crippen LogP contribution in [-0.2, 0) is 11.3 Å². The van der Waals surface area contributed by atoms with Crippen LogP contribution in [0.15, 0.2) is 54.9 Å². The second-order valence-corrected chi connectivity index (χ2v) is 7.00. The van der Waals surface area contributed by atoms with Gasteiger partial charge in [0.2, 0.25) is 5.91 Å². The van der Waals surface area contributed by atoms with E-state index in [1.54, 1.807) is 0 Å². The number of benzene rings is 1. The molecule has 0 aliphatic carbocycles. The van der Waals surface area contributed by atoms with Crippen LogP contribution in [0.25, 0.3) is 0 Å². The maximum absolute atomic E-state index is 12.1. The maximum atomic E-state index is 12.1. The molecule has 0 saturated carbocycles. The molecule has 3 heterocycles. The van der Waals surface area contributed by atoms with Crippen LogP contribution in [0.2, 0.25) is 0 Å². The highest BCUT2D eigenvalue weighted by Gasteiger charge is 2.48. The van der Waals surface area contributed by atoms with Gasteiger partial charge >= 0.3 is 0 Å². The second kappa shape index (κ2) is 6.36. The van der Waals surface area contributed by atoms with Gasteiger partial charge in [0.1, 0.15) is 0 Å². The first-order valence-electron chi connectivity index (χ1n) is 8.72. The molecule has 2 fully saturated rings. The summed E-state index contributed by atoms with van der Waals surface area (Å²) >= 11 is 0. The van der Waals surface area contributed by atoms with Gasteiger partial charge in [0.25, 0.3) is 0 Å². The molecular formula is C20H23N3O. The van der Waals surface area contributed by atoms with Crippen LogP contribution < -0.4 is 5.32 Å². The minimum Gasteiger partial charge on any atom is -0.350 e. The number of hydrogen-bond donors (Lipinski definition) is 1. The molecule has 1 spiro atoms. The molecule has 4 rings (SSSR count). The van der Waals surface area contributed by atoms with Crippen LogP contribution in [0, 0.1) is 0 Å². The van der Waals surface area contributed by atoms with Crippen molar-refractivity contribution < 1.29 is 4.79 Å². The summed E-state index contributed by atoms with van der Waals surface area (Å²) in [5, 5.41) is 3.33. The smallest absolute Gasteiger partial charge is 0.221 e. The monoisotopic (exact) mass is 321 g/mol. The van der Waals surface area contributed by atoms with E-state index >= 15 is 0 Å². The van der Waals surface area contributed by atoms with Crippen molar-refractivity contribution in [2.24, 2.45) is 0 Å². The molecular weight excluding hydrogens is 298 g/mol. The Bertz CT molecular complexity index is 693. The largest absolute Gasteiger partial charge is 0.350 e. The standard InChI is InChI=1S/C20H23N3O/c24-19-14-18(17-4-2-1-3-5-17)20(22-19)8-12-23(13-9-20)15-16-6-10-21-11-7-16/h1-7,10-11,18H,8-9,12-15H2,(H,22,24)/t18-/m0/s1. The second-order valence-electron chi connectivity index (χ2n) is 7.00. The fraction of sp³-hybridized carbons (Fsp3) is 0.400. The van der Waals surface area contributed by atoms with Crippen molar-refractivity contribution >= 4 is 5.91 Å². The van der Waals surface area contributed by atoms with Crippen LogP contribution >= 0.6 is 0 Å². The lowest BCUT2D eigenvalue weighted by atomic mass is 9.74. The molecule has 124 valence electrons. The number of amides is 1. The molecule has 4 nitrogen and oxygen atoms in total. The lowest BCUT2D eigenvalue weighted by molar-refractivity contribution is -0.120. The Morgan fingerprint density at radius 1 is 1.08 bits per heavy atom. The van der Waals surface area contributed by atoms with Crippen molar-refractivity contribution in [3.63, 3.8) is 0 Å². The third kappa shape index (κ3) is 2.94. The van der Waals surface area contributed by atoms with Crippen molar-refractivity contribution in [2.45, 2.75) is 37.3 Å². The topological polar surface area (TPSA) is 45.2 Å². The van der Waals surface area contributed by atoms with Crippen LogP contribution in [0.5, 0.6) is 0 Å². The number of nitrogens with zero attached hydrogens (tertiary/aromatic N) is 2. The molecule has 2 aromatic rings. The summed E-state index contributed by atoms with van der Waals surface area (Å²) in [6.07, 6.45) is 6.36. The van der Waals surface area contributed by atoms with Crippen LogP contribution in [0.1, 0.15) is 36.3 Å². The van der Waals surface area contributed by atoms with Crippen molar-refractivity contribution in [1.82, 2.24) is 15.2 Å². The van der Waals surface area contributed by atoms with Gasteiger partial charge in [-0.15, -0.1) is 0 Å². The van der Waals surface area contributed by atoms with Gasteiger partial charge in [-0.1, -0.05) is 30.3 Å². The molecule has 24 heavy (non-hydrogen) atoms. The summed E-state index contributed by atoms with van der Waals surface area (Å²) in [5.41, 5.74) is 2.53. The molecule has 2 aliphatic heterocycles. The number of piperidine rings is 1. The summed E-state index contributed by atoms with van der Waals surface area (Å²) in [4.78, 5) is 18.7. The van der Waals surface area contributed by atoms with Gasteiger partial charge in [-0.3, -0.25) is 14.7 Å². The summed E-state index contributed by atoms with van der Waals surface area (Å²) < 4.78 is 0. The third-order valence-corrected chi connectivity index (χ3v) is 5.55. The molecule has 2 saturated heterocycles. The van der Waals surface area contributed by atoms with Gasteiger partial charge in [-0.2, -0.15) is 0 Å². The van der Waals surface area contributed by atoms with E-state index < -0.39 is 0 Å². The average molecular weight is 321 g/mol. The van der Waals surface area contributed by atoms with Gasteiger partial charge in [0.05, 0.1) is 0 Å². The fourth-order valence-corrected chi connectivity index (χ4v) is 4.25. The molecule has 4 heteroatoms. The Kier molecular flexibility index (Phi) is 4.07. The number of likely N-dealkylation sites (tertiary alicyclic amines) is 1. The fourth-order valence-electron chi connectivity index (χ4n) is 4.25. The number of carbonyl (C=O) groups excluding carboxylic acids is 1. The first-order valence-corrected chi connectivity index (χ1v) is 8.72. The number of aromatic nitrogens is 1. The van der Waals surface area contributed by atoms with E-state index in [9.17, 15) is 4.79 Å². The van der Waals surface area contributed by atoms with E-state index in [0.29, 0.717) is 12.3 Å². The predicted octanol–water partition coefficient (Wildman–Crippen LogP) is 2.72. The number of pyridine rings is 1. The zero-order valence-corrected chi connectivity index (χ0v) is 13.8. The average Bonchev–Trinajstić information content (AvgIpc) is 2.95. The molecule has 0 bridgehead atoms. The first-order chi connectivity index (χ1) is 11.8. The number of nitrogens with one attached hydrogen (secondary N) is 1. The Hall–Kier alpha value is -2.20. The molecule has 1 amide bonds. The van der Waals surface area contributed by atoms with Gasteiger partial charge in [0, 0.05) is 49.9 Å². The Labute approximate surface area is 142 Å². The lowest BCUT2D eigenvalue weighted by Crippen LogP contribution is -2.53. The van der Waals surface area contributed by atoms with Crippen LogP contribution in [-0.4, -0.2) is 34.4 Å². The molecule has 1 N–H and O–H groups in total. The Morgan fingerprint density at radius 3 is 2.50 bits per heavy atom. The van der Waals surface area contributed by atoms with Gasteiger partial charge in [0.15, 0.2) is 0 Å². The molecule has 2 aliphatic rings. The number of rotatable bonds is 3. The summed E-state index contributed by atoms with van der Waals surface area (Å²) in [6.45, 7) is 3.00. The molecule has 1 aromatic heterocycles. The zero-order chi connectivity index (χ0) is 16.4. The summed E-state index contributed by atoms with van der Waals surface area (Å²) in [6, 6.07) is 14.7. The first kappa shape index (κ1) is 15.3. The lowest BCUT2D eigenvalue weighted by Gasteiger charge is -2.43. The maximum Gasteiger partial charge on any atom is 0.221 e. The zero-order valence-electron chi connectivity index (χ0n) is 13.8. The van der Waals surface area contributed by atoms with Gasteiger partial charge in [-0.05, 0) is 36.1 Å². The minimum atomic E-state index is -0.0623.